The van der Waals surface area contributed by atoms with Gasteiger partial charge in [-0.3, -0.25) is 9.69 Å². The van der Waals surface area contributed by atoms with Crippen LogP contribution in [0.4, 0.5) is 0 Å². The number of amides is 1. The summed E-state index contributed by atoms with van der Waals surface area (Å²) in [5.74, 6) is 1.33. The van der Waals surface area contributed by atoms with Crippen molar-refractivity contribution in [1.29, 1.82) is 0 Å². The van der Waals surface area contributed by atoms with Crippen molar-refractivity contribution in [1.82, 2.24) is 14.8 Å². The Morgan fingerprint density at radius 2 is 1.96 bits per heavy atom. The molecule has 1 amide bonds. The van der Waals surface area contributed by atoms with Gasteiger partial charge in [0.15, 0.2) is 0 Å². The summed E-state index contributed by atoms with van der Waals surface area (Å²) >= 11 is 1.48. The third-order valence-electron chi connectivity index (χ3n) is 5.16. The maximum absolute atomic E-state index is 12.4. The van der Waals surface area contributed by atoms with E-state index < -0.39 is 0 Å². The Labute approximate surface area is 140 Å². The van der Waals surface area contributed by atoms with E-state index in [1.165, 1.54) is 22.5 Å². The predicted molar refractivity (Wildman–Crippen MR) is 91.5 cm³/mol. The first-order valence-electron chi connectivity index (χ1n) is 8.15. The van der Waals surface area contributed by atoms with Crippen LogP contribution in [-0.4, -0.2) is 46.9 Å². The van der Waals surface area contributed by atoms with Gasteiger partial charge in [0.1, 0.15) is 5.69 Å². The number of rotatable bonds is 3. The summed E-state index contributed by atoms with van der Waals surface area (Å²) < 4.78 is 0. The summed E-state index contributed by atoms with van der Waals surface area (Å²) in [6.45, 7) is 7.16. The Hall–Kier alpha value is -1.72. The van der Waals surface area contributed by atoms with Crippen molar-refractivity contribution in [3.63, 3.8) is 0 Å². The van der Waals surface area contributed by atoms with E-state index in [1.54, 1.807) is 5.51 Å². The lowest BCUT2D eigenvalue weighted by molar-refractivity contribution is 0.0768. The third kappa shape index (κ3) is 2.91. The molecule has 0 radical (unpaired) electrons. The topological polar surface area (TPSA) is 36.4 Å². The van der Waals surface area contributed by atoms with Crippen LogP contribution >= 0.6 is 11.3 Å². The van der Waals surface area contributed by atoms with Crippen LogP contribution in [0.15, 0.2) is 35.2 Å². The van der Waals surface area contributed by atoms with Crippen LogP contribution in [0.1, 0.15) is 21.6 Å². The Bertz CT molecular complexity index is 686. The van der Waals surface area contributed by atoms with Gasteiger partial charge in [0, 0.05) is 38.1 Å². The van der Waals surface area contributed by atoms with Gasteiger partial charge in [0.25, 0.3) is 5.91 Å². The normalized spacial score (nSPS) is 24.1. The number of aromatic nitrogens is 1. The number of likely N-dealkylation sites (tertiary alicyclic amines) is 2. The SMILES string of the molecule is Cc1ccccc1CN1C[C@@H]2CN(C(=O)c3cscn3)C[C@@H]2C1. The summed E-state index contributed by atoms with van der Waals surface area (Å²) in [5, 5.41) is 1.85. The van der Waals surface area contributed by atoms with Gasteiger partial charge in [-0.25, -0.2) is 4.98 Å². The first-order valence-corrected chi connectivity index (χ1v) is 9.09. The summed E-state index contributed by atoms with van der Waals surface area (Å²) in [6, 6.07) is 8.62. The van der Waals surface area contributed by atoms with E-state index in [-0.39, 0.29) is 5.91 Å². The molecule has 4 nitrogen and oxygen atoms in total. The summed E-state index contributed by atoms with van der Waals surface area (Å²) in [5.41, 5.74) is 5.12. The van der Waals surface area contributed by atoms with Crippen LogP contribution < -0.4 is 0 Å². The minimum absolute atomic E-state index is 0.103. The van der Waals surface area contributed by atoms with Gasteiger partial charge >= 0.3 is 0 Å². The van der Waals surface area contributed by atoms with Gasteiger partial charge in [-0.05, 0) is 29.9 Å². The van der Waals surface area contributed by atoms with Crippen LogP contribution in [0.25, 0.3) is 0 Å². The molecule has 4 rings (SSSR count). The van der Waals surface area contributed by atoms with E-state index in [4.69, 9.17) is 0 Å². The number of benzene rings is 1. The zero-order valence-electron chi connectivity index (χ0n) is 13.3. The number of carbonyl (C=O) groups excluding carboxylic acids is 1. The second kappa shape index (κ2) is 6.06. The number of hydrogen-bond donors (Lipinski definition) is 0. The fraction of sp³-hybridized carbons (Fsp3) is 0.444. The molecule has 1 aromatic heterocycles. The molecule has 1 aromatic carbocycles. The Morgan fingerprint density at radius 1 is 1.22 bits per heavy atom. The first kappa shape index (κ1) is 14.8. The molecule has 0 bridgehead atoms. The highest BCUT2D eigenvalue weighted by Crippen LogP contribution is 2.32. The molecule has 2 atom stereocenters. The molecule has 0 spiro atoms. The molecule has 3 heterocycles. The Kier molecular flexibility index (Phi) is 3.91. The molecule has 2 aliphatic rings. The van der Waals surface area contributed by atoms with Crippen LogP contribution in [0.3, 0.4) is 0 Å². The van der Waals surface area contributed by atoms with Gasteiger partial charge in [0.2, 0.25) is 0 Å². The number of nitrogens with zero attached hydrogens (tertiary/aromatic N) is 3. The van der Waals surface area contributed by atoms with Crippen molar-refractivity contribution < 1.29 is 4.79 Å². The standard InChI is InChI=1S/C18H21N3OS/c1-13-4-2-3-5-14(13)6-20-7-15-9-21(10-16(15)8-20)18(22)17-11-23-12-19-17/h2-5,11-12,15-16H,6-10H2,1H3/t15-,16+. The molecule has 5 heteroatoms. The third-order valence-corrected chi connectivity index (χ3v) is 5.74. The van der Waals surface area contributed by atoms with E-state index in [1.807, 2.05) is 10.3 Å². The van der Waals surface area contributed by atoms with Gasteiger partial charge in [-0.1, -0.05) is 24.3 Å². The molecular formula is C18H21N3OS. The van der Waals surface area contributed by atoms with Crippen molar-refractivity contribution in [2.45, 2.75) is 13.5 Å². The zero-order valence-corrected chi connectivity index (χ0v) is 14.1. The van der Waals surface area contributed by atoms with E-state index >= 15 is 0 Å². The smallest absolute Gasteiger partial charge is 0.273 e. The second-order valence-electron chi connectivity index (χ2n) is 6.72. The minimum atomic E-state index is 0.103. The average Bonchev–Trinajstić information content (AvgIpc) is 3.24. The fourth-order valence-corrected chi connectivity index (χ4v) is 4.42. The van der Waals surface area contributed by atoms with Crippen LogP contribution in [0.2, 0.25) is 0 Å². The van der Waals surface area contributed by atoms with Gasteiger partial charge < -0.3 is 4.90 Å². The summed E-state index contributed by atoms with van der Waals surface area (Å²) in [4.78, 5) is 21.1. The highest BCUT2D eigenvalue weighted by atomic mass is 32.1. The number of fused-ring (bicyclic) bond motifs is 1. The minimum Gasteiger partial charge on any atom is -0.337 e. The van der Waals surface area contributed by atoms with Gasteiger partial charge in [-0.2, -0.15) is 0 Å². The van der Waals surface area contributed by atoms with Crippen molar-refractivity contribution >= 4 is 17.2 Å². The zero-order chi connectivity index (χ0) is 15.8. The van der Waals surface area contributed by atoms with Gasteiger partial charge in [-0.15, -0.1) is 11.3 Å². The summed E-state index contributed by atoms with van der Waals surface area (Å²) in [6.07, 6.45) is 0. The largest absolute Gasteiger partial charge is 0.337 e. The molecule has 2 aliphatic heterocycles. The molecule has 2 aromatic rings. The lowest BCUT2D eigenvalue weighted by Crippen LogP contribution is -2.33. The summed E-state index contributed by atoms with van der Waals surface area (Å²) in [7, 11) is 0. The van der Waals surface area contributed by atoms with E-state index in [0.29, 0.717) is 17.5 Å². The molecule has 2 fully saturated rings. The number of aryl methyl sites for hydroxylation is 1. The quantitative estimate of drug-likeness (QED) is 0.869. The van der Waals surface area contributed by atoms with Crippen LogP contribution in [0, 0.1) is 18.8 Å². The maximum atomic E-state index is 12.4. The molecular weight excluding hydrogens is 306 g/mol. The van der Waals surface area contributed by atoms with Crippen molar-refractivity contribution in [2.24, 2.45) is 11.8 Å². The highest BCUT2D eigenvalue weighted by Gasteiger charge is 2.41. The Balaban J connectivity index is 1.37. The van der Waals surface area contributed by atoms with Crippen molar-refractivity contribution in [3.05, 3.63) is 52.0 Å². The molecule has 0 saturated carbocycles. The predicted octanol–water partition coefficient (Wildman–Crippen LogP) is 2.66. The van der Waals surface area contributed by atoms with Crippen LogP contribution in [0.5, 0.6) is 0 Å². The number of thiazole rings is 1. The molecule has 0 N–H and O–H groups in total. The molecule has 2 saturated heterocycles. The van der Waals surface area contributed by atoms with E-state index in [0.717, 1.165) is 32.7 Å². The first-order chi connectivity index (χ1) is 11.2. The Morgan fingerprint density at radius 3 is 2.61 bits per heavy atom. The second-order valence-corrected chi connectivity index (χ2v) is 7.44. The number of carbonyl (C=O) groups is 1. The van der Waals surface area contributed by atoms with E-state index in [2.05, 4.69) is 41.1 Å². The monoisotopic (exact) mass is 327 g/mol. The molecule has 0 unspecified atom stereocenters. The van der Waals surface area contributed by atoms with Crippen molar-refractivity contribution in [2.75, 3.05) is 26.2 Å². The molecule has 23 heavy (non-hydrogen) atoms. The lowest BCUT2D eigenvalue weighted by Gasteiger charge is -2.21. The molecule has 120 valence electrons. The van der Waals surface area contributed by atoms with Crippen LogP contribution in [-0.2, 0) is 6.54 Å². The van der Waals surface area contributed by atoms with Crippen molar-refractivity contribution in [3.8, 4) is 0 Å². The average molecular weight is 327 g/mol. The maximum Gasteiger partial charge on any atom is 0.273 e. The lowest BCUT2D eigenvalue weighted by atomic mass is 10.0. The molecule has 0 aliphatic carbocycles. The highest BCUT2D eigenvalue weighted by molar-refractivity contribution is 7.07. The fourth-order valence-electron chi connectivity index (χ4n) is 3.89. The number of hydrogen-bond acceptors (Lipinski definition) is 4. The van der Waals surface area contributed by atoms with E-state index in [9.17, 15) is 4.79 Å². The van der Waals surface area contributed by atoms with Gasteiger partial charge in [0.05, 0.1) is 5.51 Å².